The molecule has 0 radical (unpaired) electrons. The van der Waals surface area contributed by atoms with Crippen LogP contribution in [0.5, 0.6) is 0 Å². The van der Waals surface area contributed by atoms with Crippen LogP contribution in [0.1, 0.15) is 26.4 Å². The molecule has 1 aromatic carbocycles. The van der Waals surface area contributed by atoms with E-state index in [0.29, 0.717) is 5.02 Å². The molecule has 0 aliphatic carbocycles. The number of benzene rings is 1. The number of thiophene rings is 1. The third kappa shape index (κ3) is 2.97. The average Bonchev–Trinajstić information content (AvgIpc) is 2.62. The topological polar surface area (TPSA) is 20.2 Å². The van der Waals surface area contributed by atoms with Gasteiger partial charge in [0.05, 0.1) is 6.61 Å². The first kappa shape index (κ1) is 14.1. The Morgan fingerprint density at radius 1 is 1.22 bits per heavy atom. The molecule has 1 aromatic heterocycles. The first-order valence-corrected chi connectivity index (χ1v) is 7.63. The van der Waals surface area contributed by atoms with Crippen LogP contribution in [0.3, 0.4) is 0 Å². The third-order valence-electron chi connectivity index (χ3n) is 2.97. The molecule has 0 amide bonds. The van der Waals surface area contributed by atoms with Crippen molar-refractivity contribution in [1.82, 2.24) is 0 Å². The van der Waals surface area contributed by atoms with Crippen LogP contribution >= 0.6 is 38.9 Å². The molecule has 0 unspecified atom stereocenters. The van der Waals surface area contributed by atoms with E-state index in [1.165, 1.54) is 15.3 Å². The lowest BCUT2D eigenvalue weighted by Crippen LogP contribution is -1.92. The summed E-state index contributed by atoms with van der Waals surface area (Å²) in [6.45, 7) is 4.26. The summed E-state index contributed by atoms with van der Waals surface area (Å²) < 4.78 is 0.911. The monoisotopic (exact) mass is 344 g/mol. The van der Waals surface area contributed by atoms with Gasteiger partial charge in [-0.25, -0.2) is 0 Å². The molecular weight excluding hydrogens is 332 g/mol. The minimum atomic E-state index is -0.00218. The molecule has 0 bridgehead atoms. The predicted octanol–water partition coefficient (Wildman–Crippen LogP) is 4.86. The van der Waals surface area contributed by atoms with Gasteiger partial charge in [0.2, 0.25) is 0 Å². The fraction of sp³-hybridized carbons (Fsp3) is 0.286. The summed E-state index contributed by atoms with van der Waals surface area (Å²) in [4.78, 5) is 2.67. The van der Waals surface area contributed by atoms with E-state index in [2.05, 4.69) is 35.8 Å². The second-order valence-electron chi connectivity index (χ2n) is 4.32. The molecule has 2 aromatic rings. The number of aryl methyl sites for hydroxylation is 2. The minimum Gasteiger partial charge on any atom is -0.392 e. The predicted molar refractivity (Wildman–Crippen MR) is 81.7 cm³/mol. The van der Waals surface area contributed by atoms with Gasteiger partial charge in [-0.3, -0.25) is 0 Å². The van der Waals surface area contributed by atoms with Crippen molar-refractivity contribution in [2.24, 2.45) is 0 Å². The summed E-state index contributed by atoms with van der Waals surface area (Å²) in [7, 11) is 0. The average molecular weight is 346 g/mol. The van der Waals surface area contributed by atoms with E-state index >= 15 is 0 Å². The lowest BCUT2D eigenvalue weighted by atomic mass is 10.1. The lowest BCUT2D eigenvalue weighted by molar-refractivity contribution is 0.281. The quantitative estimate of drug-likeness (QED) is 0.842. The van der Waals surface area contributed by atoms with E-state index in [0.717, 1.165) is 22.0 Å². The molecular formula is C14H14BrClOS. The van der Waals surface area contributed by atoms with Crippen LogP contribution in [0, 0.1) is 13.8 Å². The molecule has 2 rings (SSSR count). The standard InChI is InChI=1S/C14H14BrClOS/c1-8-3-12(18-9(8)2)4-10-5-13(15)11(7-17)6-14(10)16/h3,5-6,17H,4,7H2,1-2H3. The van der Waals surface area contributed by atoms with Gasteiger partial charge in [-0.1, -0.05) is 27.5 Å². The molecule has 0 aliphatic heterocycles. The number of aliphatic hydroxyl groups is 1. The highest BCUT2D eigenvalue weighted by Crippen LogP contribution is 2.30. The van der Waals surface area contributed by atoms with Crippen molar-refractivity contribution in [1.29, 1.82) is 0 Å². The molecule has 0 atom stereocenters. The van der Waals surface area contributed by atoms with Gasteiger partial charge in [0.25, 0.3) is 0 Å². The van der Waals surface area contributed by atoms with Gasteiger partial charge in [0, 0.05) is 25.7 Å². The maximum absolute atomic E-state index is 9.18. The maximum Gasteiger partial charge on any atom is 0.0693 e. The zero-order chi connectivity index (χ0) is 13.3. The molecule has 4 heteroatoms. The van der Waals surface area contributed by atoms with Gasteiger partial charge in [-0.15, -0.1) is 11.3 Å². The molecule has 1 nitrogen and oxygen atoms in total. The summed E-state index contributed by atoms with van der Waals surface area (Å²) in [5.74, 6) is 0. The van der Waals surface area contributed by atoms with E-state index in [9.17, 15) is 5.11 Å². The lowest BCUT2D eigenvalue weighted by Gasteiger charge is -2.07. The SMILES string of the molecule is Cc1cc(Cc2cc(Br)c(CO)cc2Cl)sc1C. The van der Waals surface area contributed by atoms with Crippen molar-refractivity contribution < 1.29 is 5.11 Å². The molecule has 0 aliphatic rings. The van der Waals surface area contributed by atoms with Crippen LogP contribution in [0.2, 0.25) is 5.02 Å². The van der Waals surface area contributed by atoms with Gasteiger partial charge >= 0.3 is 0 Å². The van der Waals surface area contributed by atoms with Crippen LogP contribution in [0.4, 0.5) is 0 Å². The second kappa shape index (κ2) is 5.74. The Morgan fingerprint density at radius 2 is 1.94 bits per heavy atom. The van der Waals surface area contributed by atoms with Gasteiger partial charge in [-0.05, 0) is 48.7 Å². The van der Waals surface area contributed by atoms with E-state index in [4.69, 9.17) is 11.6 Å². The van der Waals surface area contributed by atoms with Crippen molar-refractivity contribution in [3.05, 3.63) is 54.1 Å². The normalized spacial score (nSPS) is 10.9. The van der Waals surface area contributed by atoms with Crippen molar-refractivity contribution in [3.63, 3.8) is 0 Å². The second-order valence-corrected chi connectivity index (χ2v) is 6.92. The third-order valence-corrected chi connectivity index (χ3v) is 5.21. The van der Waals surface area contributed by atoms with Crippen LogP contribution < -0.4 is 0 Å². The number of hydrogen-bond acceptors (Lipinski definition) is 2. The van der Waals surface area contributed by atoms with Gasteiger partial charge in [0.1, 0.15) is 0 Å². The zero-order valence-electron chi connectivity index (χ0n) is 10.3. The Hall–Kier alpha value is -0.350. The highest BCUT2D eigenvalue weighted by molar-refractivity contribution is 9.10. The fourth-order valence-electron chi connectivity index (χ4n) is 1.81. The molecule has 0 fully saturated rings. The molecule has 0 spiro atoms. The van der Waals surface area contributed by atoms with E-state index in [-0.39, 0.29) is 6.61 Å². The number of hydrogen-bond donors (Lipinski definition) is 1. The molecule has 0 saturated carbocycles. The Balaban J connectivity index is 2.32. The van der Waals surface area contributed by atoms with Gasteiger partial charge in [0.15, 0.2) is 0 Å². The Morgan fingerprint density at radius 3 is 2.50 bits per heavy atom. The number of aliphatic hydroxyl groups excluding tert-OH is 1. The van der Waals surface area contributed by atoms with Crippen molar-refractivity contribution in [2.75, 3.05) is 0 Å². The Labute approximate surface area is 125 Å². The first-order chi connectivity index (χ1) is 8.51. The van der Waals surface area contributed by atoms with Gasteiger partial charge < -0.3 is 5.11 Å². The fourth-order valence-corrected chi connectivity index (χ4v) is 3.66. The molecule has 0 saturated heterocycles. The van der Waals surface area contributed by atoms with Crippen molar-refractivity contribution in [3.8, 4) is 0 Å². The first-order valence-electron chi connectivity index (χ1n) is 5.65. The smallest absolute Gasteiger partial charge is 0.0693 e. The highest BCUT2D eigenvalue weighted by atomic mass is 79.9. The van der Waals surface area contributed by atoms with Gasteiger partial charge in [-0.2, -0.15) is 0 Å². The highest BCUT2D eigenvalue weighted by Gasteiger charge is 2.09. The number of halogens is 2. The van der Waals surface area contributed by atoms with Crippen LogP contribution in [-0.4, -0.2) is 5.11 Å². The molecule has 1 heterocycles. The van der Waals surface area contributed by atoms with Crippen LogP contribution in [0.25, 0.3) is 0 Å². The largest absolute Gasteiger partial charge is 0.392 e. The van der Waals surface area contributed by atoms with Crippen molar-refractivity contribution >= 4 is 38.9 Å². The summed E-state index contributed by atoms with van der Waals surface area (Å²) in [5, 5.41) is 9.89. The molecule has 18 heavy (non-hydrogen) atoms. The summed E-state index contributed by atoms with van der Waals surface area (Å²) in [5.41, 5.74) is 3.24. The van der Waals surface area contributed by atoms with Crippen LogP contribution in [0.15, 0.2) is 22.7 Å². The van der Waals surface area contributed by atoms with Crippen LogP contribution in [-0.2, 0) is 13.0 Å². The summed E-state index contributed by atoms with van der Waals surface area (Å²) >= 11 is 11.5. The van der Waals surface area contributed by atoms with E-state index < -0.39 is 0 Å². The minimum absolute atomic E-state index is 0.00218. The maximum atomic E-state index is 9.18. The zero-order valence-corrected chi connectivity index (χ0v) is 13.4. The van der Waals surface area contributed by atoms with E-state index in [1.807, 2.05) is 23.5 Å². The molecule has 96 valence electrons. The molecule has 1 N–H and O–H groups in total. The Bertz CT molecular complexity index is 558. The van der Waals surface area contributed by atoms with E-state index in [1.54, 1.807) is 0 Å². The summed E-state index contributed by atoms with van der Waals surface area (Å²) in [6, 6.07) is 6.04. The van der Waals surface area contributed by atoms with Crippen molar-refractivity contribution in [2.45, 2.75) is 26.9 Å². The summed E-state index contributed by atoms with van der Waals surface area (Å²) in [6.07, 6.45) is 0.836. The Kier molecular flexibility index (Phi) is 4.49. The number of rotatable bonds is 3.